The Morgan fingerprint density at radius 1 is 1.27 bits per heavy atom. The Kier molecular flexibility index (Phi) is 5.59. The number of benzene rings is 1. The van der Waals surface area contributed by atoms with Crippen molar-refractivity contribution in [2.24, 2.45) is 0 Å². The van der Waals surface area contributed by atoms with Crippen molar-refractivity contribution in [3.8, 4) is 0 Å². The molecule has 1 aliphatic rings. The zero-order valence-corrected chi connectivity index (χ0v) is 15.4. The van der Waals surface area contributed by atoms with Gasteiger partial charge in [0.15, 0.2) is 0 Å². The summed E-state index contributed by atoms with van der Waals surface area (Å²) in [5, 5.41) is 11.8. The highest BCUT2D eigenvalue weighted by Gasteiger charge is 2.30. The number of quaternary nitrogens is 1. The number of para-hydroxylation sites is 1. The van der Waals surface area contributed by atoms with Gasteiger partial charge < -0.3 is 19.5 Å². The molecule has 3 rings (SSSR count). The molecule has 5 heteroatoms. The van der Waals surface area contributed by atoms with Gasteiger partial charge in [0.25, 0.3) is 5.91 Å². The van der Waals surface area contributed by atoms with Crippen LogP contribution in [0, 0.1) is 0 Å². The van der Waals surface area contributed by atoms with E-state index in [4.69, 9.17) is 0 Å². The number of carbonyl (C=O) groups excluding carboxylic acids is 1. The average Bonchev–Trinajstić information content (AvgIpc) is 2.93. The second-order valence-corrected chi connectivity index (χ2v) is 7.03. The van der Waals surface area contributed by atoms with E-state index in [1.165, 1.54) is 4.90 Å². The fourth-order valence-electron chi connectivity index (χ4n) is 3.89. The molecule has 0 saturated heterocycles. The minimum absolute atomic E-state index is 0.0380. The molecular formula is C21H28N3O2+. The van der Waals surface area contributed by atoms with Gasteiger partial charge in [-0.15, -0.1) is 0 Å². The molecule has 0 saturated carbocycles. The molecule has 26 heavy (non-hydrogen) atoms. The molecular weight excluding hydrogens is 326 g/mol. The molecule has 2 N–H and O–H groups in total. The van der Waals surface area contributed by atoms with Crippen LogP contribution in [-0.2, 0) is 13.0 Å². The number of amides is 1. The maximum absolute atomic E-state index is 12.8. The lowest BCUT2D eigenvalue weighted by Gasteiger charge is -2.25. The second-order valence-electron chi connectivity index (χ2n) is 7.03. The van der Waals surface area contributed by atoms with E-state index < -0.39 is 6.10 Å². The van der Waals surface area contributed by atoms with Gasteiger partial charge in [-0.1, -0.05) is 31.4 Å². The van der Waals surface area contributed by atoms with Crippen molar-refractivity contribution in [1.82, 2.24) is 9.47 Å². The maximum atomic E-state index is 12.8. The van der Waals surface area contributed by atoms with Crippen molar-refractivity contribution in [3.05, 3.63) is 60.8 Å². The van der Waals surface area contributed by atoms with Crippen LogP contribution in [0.2, 0.25) is 0 Å². The number of hydrogen-bond acceptors (Lipinski definition) is 2. The van der Waals surface area contributed by atoms with Crippen LogP contribution in [-0.4, -0.2) is 59.8 Å². The Hall–Kier alpha value is -2.37. The van der Waals surface area contributed by atoms with E-state index in [0.29, 0.717) is 13.1 Å². The molecule has 1 aliphatic heterocycles. The third-order valence-electron chi connectivity index (χ3n) is 5.11. The van der Waals surface area contributed by atoms with Gasteiger partial charge in [-0.3, -0.25) is 4.79 Å². The van der Waals surface area contributed by atoms with E-state index in [2.05, 4.69) is 19.2 Å². The van der Waals surface area contributed by atoms with Crippen molar-refractivity contribution in [3.63, 3.8) is 0 Å². The average molecular weight is 354 g/mol. The predicted molar refractivity (Wildman–Crippen MR) is 105 cm³/mol. The van der Waals surface area contributed by atoms with Gasteiger partial charge in [-0.05, 0) is 30.2 Å². The van der Waals surface area contributed by atoms with Crippen molar-refractivity contribution < 1.29 is 14.8 Å². The first-order valence-electron chi connectivity index (χ1n) is 9.15. The van der Waals surface area contributed by atoms with Crippen LogP contribution in [0.25, 0.3) is 10.9 Å². The van der Waals surface area contributed by atoms with Gasteiger partial charge in [0.1, 0.15) is 18.3 Å². The summed E-state index contributed by atoms with van der Waals surface area (Å²) in [4.78, 5) is 15.8. The highest BCUT2D eigenvalue weighted by molar-refractivity contribution is 6.02. The Balaban J connectivity index is 1.93. The monoisotopic (exact) mass is 354 g/mol. The van der Waals surface area contributed by atoms with Gasteiger partial charge in [0.2, 0.25) is 0 Å². The Morgan fingerprint density at radius 3 is 2.65 bits per heavy atom. The smallest absolute Gasteiger partial charge is 0.270 e. The van der Waals surface area contributed by atoms with Crippen LogP contribution in [0.5, 0.6) is 0 Å². The van der Waals surface area contributed by atoms with Gasteiger partial charge in [0.05, 0.1) is 19.6 Å². The van der Waals surface area contributed by atoms with Crippen LogP contribution in [0.15, 0.2) is 49.6 Å². The quantitative estimate of drug-likeness (QED) is 0.692. The van der Waals surface area contributed by atoms with Gasteiger partial charge in [-0.25, -0.2) is 0 Å². The van der Waals surface area contributed by atoms with Crippen LogP contribution >= 0.6 is 0 Å². The van der Waals surface area contributed by atoms with E-state index in [1.54, 1.807) is 4.90 Å². The number of likely N-dealkylation sites (N-methyl/N-ethyl adjacent to an activating group) is 1. The summed E-state index contributed by atoms with van der Waals surface area (Å²) in [5.41, 5.74) is 2.86. The molecule has 138 valence electrons. The highest BCUT2D eigenvalue weighted by atomic mass is 16.3. The maximum Gasteiger partial charge on any atom is 0.270 e. The Morgan fingerprint density at radius 2 is 1.96 bits per heavy atom. The Bertz CT molecular complexity index is 814. The molecule has 1 atom stereocenters. The second kappa shape index (κ2) is 7.89. The summed E-state index contributed by atoms with van der Waals surface area (Å²) in [7, 11) is 1.84. The number of aliphatic hydroxyl groups excluding tert-OH is 1. The zero-order chi connectivity index (χ0) is 18.7. The number of carbonyl (C=O) groups is 1. The molecule has 5 nitrogen and oxygen atoms in total. The molecule has 0 fully saturated rings. The van der Waals surface area contributed by atoms with Gasteiger partial charge in [0, 0.05) is 24.5 Å². The summed E-state index contributed by atoms with van der Waals surface area (Å²) < 4.78 is 2.01. The van der Waals surface area contributed by atoms with Gasteiger partial charge in [-0.2, -0.15) is 0 Å². The van der Waals surface area contributed by atoms with E-state index in [1.807, 2.05) is 42.0 Å². The standard InChI is InChI=1S/C21H27N3O2/c1-4-11-23(12-5-2)14-16(25)15-24-19-9-7-6-8-17(19)18-10-13-22(3)21(26)20(18)24/h4-9,16,25H,1-2,10-15H2,3H3/p+1/t16-/m0/s1. The van der Waals surface area contributed by atoms with E-state index in [-0.39, 0.29) is 5.91 Å². The third-order valence-corrected chi connectivity index (χ3v) is 5.11. The minimum atomic E-state index is -0.551. The van der Waals surface area contributed by atoms with Crippen molar-refractivity contribution >= 4 is 16.8 Å². The lowest BCUT2D eigenvalue weighted by Crippen LogP contribution is -3.12. The molecule has 0 spiro atoms. The summed E-state index contributed by atoms with van der Waals surface area (Å²) in [6.07, 6.45) is 4.02. The fourth-order valence-corrected chi connectivity index (χ4v) is 3.89. The molecule has 1 aromatic carbocycles. The van der Waals surface area contributed by atoms with Crippen LogP contribution in [0.3, 0.4) is 0 Å². The number of fused-ring (bicyclic) bond motifs is 3. The van der Waals surface area contributed by atoms with Crippen molar-refractivity contribution in [2.75, 3.05) is 33.2 Å². The SMILES string of the molecule is C=CC[NH+](CC=C)C[C@H](O)Cn1c2c(c3ccccc31)CCN(C)C2=O. The molecule has 0 unspecified atom stereocenters. The lowest BCUT2D eigenvalue weighted by molar-refractivity contribution is -0.891. The fraction of sp³-hybridized carbons (Fsp3) is 0.381. The number of hydrogen-bond donors (Lipinski definition) is 2. The molecule has 0 bridgehead atoms. The van der Waals surface area contributed by atoms with Crippen molar-refractivity contribution in [2.45, 2.75) is 19.1 Å². The number of nitrogens with one attached hydrogen (secondary N) is 1. The molecule has 1 aromatic heterocycles. The summed E-state index contributed by atoms with van der Waals surface area (Å²) >= 11 is 0. The summed E-state index contributed by atoms with van der Waals surface area (Å²) in [5.74, 6) is 0.0380. The zero-order valence-electron chi connectivity index (χ0n) is 15.4. The molecule has 0 aliphatic carbocycles. The van der Waals surface area contributed by atoms with Crippen LogP contribution in [0.4, 0.5) is 0 Å². The number of rotatable bonds is 8. The number of aliphatic hydroxyl groups is 1. The number of nitrogens with zero attached hydrogens (tertiary/aromatic N) is 2. The van der Waals surface area contributed by atoms with Crippen molar-refractivity contribution in [1.29, 1.82) is 0 Å². The van der Waals surface area contributed by atoms with E-state index >= 15 is 0 Å². The molecule has 1 amide bonds. The van der Waals surface area contributed by atoms with Gasteiger partial charge >= 0.3 is 0 Å². The summed E-state index contributed by atoms with van der Waals surface area (Å²) in [6, 6.07) is 8.10. The van der Waals surface area contributed by atoms with Crippen LogP contribution in [0.1, 0.15) is 16.1 Å². The first-order valence-corrected chi connectivity index (χ1v) is 9.15. The molecule has 2 aromatic rings. The van der Waals surface area contributed by atoms with E-state index in [0.717, 1.165) is 48.2 Å². The highest BCUT2D eigenvalue weighted by Crippen LogP contribution is 2.30. The van der Waals surface area contributed by atoms with E-state index in [9.17, 15) is 9.90 Å². The minimum Gasteiger partial charge on any atom is -0.385 e. The first-order chi connectivity index (χ1) is 12.6. The molecule has 0 radical (unpaired) electrons. The molecule has 2 heterocycles. The summed E-state index contributed by atoms with van der Waals surface area (Å²) in [6.45, 7) is 10.9. The largest absolute Gasteiger partial charge is 0.385 e. The topological polar surface area (TPSA) is 49.9 Å². The third kappa shape index (κ3) is 3.45. The van der Waals surface area contributed by atoms with Crippen LogP contribution < -0.4 is 4.90 Å². The normalized spacial score (nSPS) is 15.3. The lowest BCUT2D eigenvalue weighted by atomic mass is 10.0. The predicted octanol–water partition coefficient (Wildman–Crippen LogP) is 0.887. The number of aromatic nitrogens is 1. The Labute approximate surface area is 154 Å². The first kappa shape index (κ1) is 18.4.